The maximum absolute atomic E-state index is 11.4. The summed E-state index contributed by atoms with van der Waals surface area (Å²) >= 11 is 0. The van der Waals surface area contributed by atoms with Crippen molar-refractivity contribution < 1.29 is 4.79 Å². The molecular weight excluding hydrogens is 178 g/mol. The van der Waals surface area contributed by atoms with Crippen LogP contribution in [0.3, 0.4) is 0 Å². The van der Waals surface area contributed by atoms with E-state index in [1.807, 2.05) is 5.01 Å². The lowest BCUT2D eigenvalue weighted by Crippen LogP contribution is -2.48. The molecule has 1 aliphatic heterocycles. The summed E-state index contributed by atoms with van der Waals surface area (Å²) in [5, 5.41) is 5.11. The zero-order valence-corrected chi connectivity index (χ0v) is 9.01. The molecule has 1 rings (SSSR count). The molecule has 14 heavy (non-hydrogen) atoms. The number of piperidine rings is 1. The van der Waals surface area contributed by atoms with Gasteiger partial charge in [0.1, 0.15) is 0 Å². The van der Waals surface area contributed by atoms with Crippen LogP contribution in [0.1, 0.15) is 32.6 Å². The van der Waals surface area contributed by atoms with E-state index in [0.717, 1.165) is 26.1 Å². The van der Waals surface area contributed by atoms with Crippen LogP contribution in [0, 0.1) is 0 Å². The number of hydrogen-bond donors (Lipinski definition) is 2. The van der Waals surface area contributed by atoms with Gasteiger partial charge in [-0.25, -0.2) is 5.01 Å². The standard InChI is InChI=1S/C10H21N3O/c1-2-6-11-9-10(14)12-13-7-4-3-5-8-13/h11H,2-9H2,1H3,(H,12,14). The molecule has 0 unspecified atom stereocenters. The Morgan fingerprint density at radius 1 is 1.29 bits per heavy atom. The van der Waals surface area contributed by atoms with E-state index in [4.69, 9.17) is 0 Å². The number of amides is 1. The highest BCUT2D eigenvalue weighted by Gasteiger charge is 2.11. The third-order valence-electron chi connectivity index (χ3n) is 2.35. The number of carbonyl (C=O) groups is 1. The van der Waals surface area contributed by atoms with Crippen molar-refractivity contribution in [3.05, 3.63) is 0 Å². The summed E-state index contributed by atoms with van der Waals surface area (Å²) < 4.78 is 0. The summed E-state index contributed by atoms with van der Waals surface area (Å²) in [7, 11) is 0. The van der Waals surface area contributed by atoms with Crippen LogP contribution < -0.4 is 10.7 Å². The van der Waals surface area contributed by atoms with Crippen LogP contribution in [0.25, 0.3) is 0 Å². The van der Waals surface area contributed by atoms with Gasteiger partial charge < -0.3 is 5.32 Å². The maximum Gasteiger partial charge on any atom is 0.248 e. The molecule has 0 atom stereocenters. The summed E-state index contributed by atoms with van der Waals surface area (Å²) in [4.78, 5) is 11.4. The molecule has 2 N–H and O–H groups in total. The molecule has 1 saturated heterocycles. The van der Waals surface area contributed by atoms with Gasteiger partial charge in [0.15, 0.2) is 0 Å². The van der Waals surface area contributed by atoms with E-state index < -0.39 is 0 Å². The van der Waals surface area contributed by atoms with Crippen LogP contribution in [0.5, 0.6) is 0 Å². The molecule has 0 aromatic rings. The minimum atomic E-state index is 0.0837. The van der Waals surface area contributed by atoms with Crippen molar-refractivity contribution in [1.82, 2.24) is 15.8 Å². The first-order chi connectivity index (χ1) is 6.83. The van der Waals surface area contributed by atoms with Gasteiger partial charge in [0.2, 0.25) is 5.91 Å². The fraction of sp³-hybridized carbons (Fsp3) is 0.900. The van der Waals surface area contributed by atoms with Crippen molar-refractivity contribution in [2.24, 2.45) is 0 Å². The van der Waals surface area contributed by atoms with Gasteiger partial charge in [0.05, 0.1) is 6.54 Å². The molecule has 1 fully saturated rings. The molecule has 1 heterocycles. The Kier molecular flexibility index (Phi) is 5.56. The van der Waals surface area contributed by atoms with Gasteiger partial charge in [-0.3, -0.25) is 10.2 Å². The second-order valence-corrected chi connectivity index (χ2v) is 3.76. The molecule has 0 aromatic heterocycles. The van der Waals surface area contributed by atoms with Gasteiger partial charge >= 0.3 is 0 Å². The number of hydrogen-bond acceptors (Lipinski definition) is 3. The highest BCUT2D eigenvalue weighted by Crippen LogP contribution is 2.05. The molecular formula is C10H21N3O. The first-order valence-corrected chi connectivity index (χ1v) is 5.58. The SMILES string of the molecule is CCCNCC(=O)NN1CCCCC1. The van der Waals surface area contributed by atoms with Gasteiger partial charge in [-0.2, -0.15) is 0 Å². The van der Waals surface area contributed by atoms with Crippen LogP contribution in [0.15, 0.2) is 0 Å². The second kappa shape index (κ2) is 6.79. The zero-order chi connectivity index (χ0) is 10.2. The molecule has 0 bridgehead atoms. The number of carbonyl (C=O) groups excluding carboxylic acids is 1. The largest absolute Gasteiger partial charge is 0.308 e. The number of nitrogens with one attached hydrogen (secondary N) is 2. The van der Waals surface area contributed by atoms with Crippen molar-refractivity contribution in [2.75, 3.05) is 26.2 Å². The Morgan fingerprint density at radius 2 is 2.00 bits per heavy atom. The summed E-state index contributed by atoms with van der Waals surface area (Å²) in [6.07, 6.45) is 4.75. The van der Waals surface area contributed by atoms with Gasteiger partial charge in [0, 0.05) is 13.1 Å². The molecule has 1 aliphatic rings. The number of nitrogens with zero attached hydrogens (tertiary/aromatic N) is 1. The third kappa shape index (κ3) is 4.58. The molecule has 4 nitrogen and oxygen atoms in total. The predicted molar refractivity (Wildman–Crippen MR) is 56.7 cm³/mol. The van der Waals surface area contributed by atoms with Gasteiger partial charge in [-0.05, 0) is 25.8 Å². The van der Waals surface area contributed by atoms with E-state index in [2.05, 4.69) is 17.7 Å². The minimum absolute atomic E-state index is 0.0837. The summed E-state index contributed by atoms with van der Waals surface area (Å²) in [5.74, 6) is 0.0837. The Morgan fingerprint density at radius 3 is 2.64 bits per heavy atom. The summed E-state index contributed by atoms with van der Waals surface area (Å²) in [6, 6.07) is 0. The molecule has 0 spiro atoms. The van der Waals surface area contributed by atoms with E-state index in [1.165, 1.54) is 19.3 Å². The van der Waals surface area contributed by atoms with Crippen molar-refractivity contribution in [3.63, 3.8) is 0 Å². The Labute approximate surface area is 86.0 Å². The molecule has 0 saturated carbocycles. The van der Waals surface area contributed by atoms with E-state index in [-0.39, 0.29) is 5.91 Å². The number of rotatable bonds is 5. The van der Waals surface area contributed by atoms with Crippen LogP contribution in [-0.2, 0) is 4.79 Å². The van der Waals surface area contributed by atoms with E-state index in [1.54, 1.807) is 0 Å². The van der Waals surface area contributed by atoms with Gasteiger partial charge in [0.25, 0.3) is 0 Å². The highest BCUT2D eigenvalue weighted by atomic mass is 16.2. The maximum atomic E-state index is 11.4. The Hall–Kier alpha value is -0.610. The average molecular weight is 199 g/mol. The fourth-order valence-corrected chi connectivity index (χ4v) is 1.60. The Balaban J connectivity index is 2.06. The van der Waals surface area contributed by atoms with E-state index in [0.29, 0.717) is 6.54 Å². The smallest absolute Gasteiger partial charge is 0.248 e. The molecule has 4 heteroatoms. The zero-order valence-electron chi connectivity index (χ0n) is 9.01. The summed E-state index contributed by atoms with van der Waals surface area (Å²) in [6.45, 7) is 5.44. The van der Waals surface area contributed by atoms with Crippen LogP contribution in [0.4, 0.5) is 0 Å². The van der Waals surface area contributed by atoms with Crippen LogP contribution >= 0.6 is 0 Å². The lowest BCUT2D eigenvalue weighted by Gasteiger charge is -2.26. The lowest BCUT2D eigenvalue weighted by molar-refractivity contribution is -0.125. The minimum Gasteiger partial charge on any atom is -0.308 e. The molecule has 1 amide bonds. The van der Waals surface area contributed by atoms with Crippen molar-refractivity contribution in [1.29, 1.82) is 0 Å². The second-order valence-electron chi connectivity index (χ2n) is 3.76. The predicted octanol–water partition coefficient (Wildman–Crippen LogP) is 0.503. The number of hydrazine groups is 1. The van der Waals surface area contributed by atoms with Crippen molar-refractivity contribution in [2.45, 2.75) is 32.6 Å². The van der Waals surface area contributed by atoms with Gasteiger partial charge in [-0.15, -0.1) is 0 Å². The van der Waals surface area contributed by atoms with Gasteiger partial charge in [-0.1, -0.05) is 13.3 Å². The molecule has 82 valence electrons. The summed E-state index contributed by atoms with van der Waals surface area (Å²) in [5.41, 5.74) is 2.91. The molecule has 0 radical (unpaired) electrons. The first-order valence-electron chi connectivity index (χ1n) is 5.58. The van der Waals surface area contributed by atoms with Crippen molar-refractivity contribution >= 4 is 5.91 Å². The van der Waals surface area contributed by atoms with E-state index in [9.17, 15) is 4.79 Å². The average Bonchev–Trinajstić information content (AvgIpc) is 2.20. The first kappa shape index (κ1) is 11.5. The molecule has 0 aliphatic carbocycles. The Bertz CT molecular complexity index is 167. The van der Waals surface area contributed by atoms with E-state index >= 15 is 0 Å². The quantitative estimate of drug-likeness (QED) is 0.634. The van der Waals surface area contributed by atoms with Crippen LogP contribution in [0.2, 0.25) is 0 Å². The fourth-order valence-electron chi connectivity index (χ4n) is 1.60. The lowest BCUT2D eigenvalue weighted by atomic mass is 10.2. The topological polar surface area (TPSA) is 44.4 Å². The third-order valence-corrected chi connectivity index (χ3v) is 2.35. The van der Waals surface area contributed by atoms with Crippen molar-refractivity contribution in [3.8, 4) is 0 Å². The normalized spacial score (nSPS) is 18.1. The van der Waals surface area contributed by atoms with Crippen LogP contribution in [-0.4, -0.2) is 37.1 Å². The monoisotopic (exact) mass is 199 g/mol. The molecule has 0 aromatic carbocycles. The highest BCUT2D eigenvalue weighted by molar-refractivity contribution is 5.77.